The van der Waals surface area contributed by atoms with Gasteiger partial charge in [0.15, 0.2) is 17.2 Å². The Labute approximate surface area is 169 Å². The van der Waals surface area contributed by atoms with Gasteiger partial charge in [0.25, 0.3) is 5.91 Å². The van der Waals surface area contributed by atoms with Crippen LogP contribution in [0.5, 0.6) is 11.5 Å². The zero-order valence-corrected chi connectivity index (χ0v) is 16.9. The number of ether oxygens (including phenoxy) is 3. The van der Waals surface area contributed by atoms with E-state index in [1.165, 1.54) is 0 Å². The summed E-state index contributed by atoms with van der Waals surface area (Å²) in [5.74, 6) is 1.05. The summed E-state index contributed by atoms with van der Waals surface area (Å²) in [7, 11) is 0. The number of fused-ring (bicyclic) bond motifs is 2. The van der Waals surface area contributed by atoms with Crippen LogP contribution in [0.15, 0.2) is 18.2 Å². The quantitative estimate of drug-likeness (QED) is 0.719. The van der Waals surface area contributed by atoms with Crippen LogP contribution in [0.4, 0.5) is 0 Å². The molecule has 4 rings (SSSR count). The van der Waals surface area contributed by atoms with Crippen molar-refractivity contribution in [3.8, 4) is 11.5 Å². The predicted molar refractivity (Wildman–Crippen MR) is 104 cm³/mol. The lowest BCUT2D eigenvalue weighted by Crippen LogP contribution is -2.37. The van der Waals surface area contributed by atoms with Crippen LogP contribution >= 0.6 is 0 Å². The molecule has 0 N–H and O–H groups in total. The molecule has 154 valence electrons. The first-order valence-electron chi connectivity index (χ1n) is 9.92. The SMILES string of the molecule is CCOC(=O)c1nn(CC(C)C)c2c1CN(C(=O)c1ccc3c(c1)OCO3)CC2. The van der Waals surface area contributed by atoms with Crippen LogP contribution in [-0.2, 0) is 24.2 Å². The van der Waals surface area contributed by atoms with E-state index in [2.05, 4.69) is 18.9 Å². The fourth-order valence-corrected chi connectivity index (χ4v) is 3.74. The lowest BCUT2D eigenvalue weighted by Gasteiger charge is -2.28. The smallest absolute Gasteiger partial charge is 0.359 e. The van der Waals surface area contributed by atoms with Gasteiger partial charge < -0.3 is 19.1 Å². The maximum absolute atomic E-state index is 13.1. The Kier molecular flexibility index (Phi) is 5.17. The van der Waals surface area contributed by atoms with Gasteiger partial charge in [0.05, 0.1) is 13.2 Å². The molecule has 1 aromatic heterocycles. The summed E-state index contributed by atoms with van der Waals surface area (Å²) in [5, 5.41) is 4.53. The minimum absolute atomic E-state index is 0.111. The number of esters is 1. The third kappa shape index (κ3) is 3.66. The lowest BCUT2D eigenvalue weighted by atomic mass is 10.0. The molecule has 3 heterocycles. The van der Waals surface area contributed by atoms with Crippen LogP contribution in [0.25, 0.3) is 0 Å². The first-order valence-corrected chi connectivity index (χ1v) is 9.92. The second-order valence-corrected chi connectivity index (χ2v) is 7.62. The number of benzene rings is 1. The fourth-order valence-electron chi connectivity index (χ4n) is 3.74. The summed E-state index contributed by atoms with van der Waals surface area (Å²) in [5.41, 5.74) is 2.64. The number of hydrogen-bond donors (Lipinski definition) is 0. The van der Waals surface area contributed by atoms with Gasteiger partial charge in [0, 0.05) is 36.3 Å². The number of nitrogens with zero attached hydrogens (tertiary/aromatic N) is 3. The predicted octanol–water partition coefficient (Wildman–Crippen LogP) is 2.64. The van der Waals surface area contributed by atoms with Crippen molar-refractivity contribution in [2.45, 2.75) is 40.3 Å². The van der Waals surface area contributed by atoms with Gasteiger partial charge in [-0.15, -0.1) is 0 Å². The second kappa shape index (κ2) is 7.77. The monoisotopic (exact) mass is 399 g/mol. The standard InChI is InChI=1S/C21H25N3O5/c1-4-27-21(26)19-15-11-23(8-7-16(15)24(22-19)10-13(2)3)20(25)14-5-6-17-18(9-14)29-12-28-17/h5-6,9,13H,4,7-8,10-12H2,1-3H3. The molecule has 0 aliphatic carbocycles. The van der Waals surface area contributed by atoms with Crippen molar-refractivity contribution in [1.82, 2.24) is 14.7 Å². The molecule has 0 radical (unpaired) electrons. The minimum atomic E-state index is -0.441. The molecule has 0 unspecified atom stereocenters. The van der Waals surface area contributed by atoms with Gasteiger partial charge in [-0.2, -0.15) is 5.10 Å². The van der Waals surface area contributed by atoms with E-state index in [-0.39, 0.29) is 19.3 Å². The second-order valence-electron chi connectivity index (χ2n) is 7.62. The number of rotatable bonds is 5. The zero-order valence-electron chi connectivity index (χ0n) is 16.9. The van der Waals surface area contributed by atoms with Crippen molar-refractivity contribution in [2.75, 3.05) is 19.9 Å². The summed E-state index contributed by atoms with van der Waals surface area (Å²) in [4.78, 5) is 27.3. The van der Waals surface area contributed by atoms with Crippen LogP contribution in [0.1, 0.15) is 52.9 Å². The molecule has 0 spiro atoms. The molecule has 0 saturated heterocycles. The number of aromatic nitrogens is 2. The van der Waals surface area contributed by atoms with Crippen LogP contribution in [0, 0.1) is 5.92 Å². The van der Waals surface area contributed by atoms with E-state index in [1.54, 1.807) is 30.0 Å². The Hall–Kier alpha value is -3.03. The average Bonchev–Trinajstić information content (AvgIpc) is 3.31. The first kappa shape index (κ1) is 19.3. The Morgan fingerprint density at radius 2 is 2.03 bits per heavy atom. The number of carbonyl (C=O) groups excluding carboxylic acids is 2. The molecule has 1 aromatic carbocycles. The largest absolute Gasteiger partial charge is 0.461 e. The highest BCUT2D eigenvalue weighted by atomic mass is 16.7. The number of hydrogen-bond acceptors (Lipinski definition) is 6. The highest BCUT2D eigenvalue weighted by molar-refractivity contribution is 5.95. The average molecular weight is 399 g/mol. The molecule has 0 saturated carbocycles. The van der Waals surface area contributed by atoms with E-state index in [9.17, 15) is 9.59 Å². The maximum atomic E-state index is 13.1. The molecular formula is C21H25N3O5. The van der Waals surface area contributed by atoms with Gasteiger partial charge in [-0.1, -0.05) is 13.8 Å². The zero-order chi connectivity index (χ0) is 20.5. The molecule has 0 atom stereocenters. The minimum Gasteiger partial charge on any atom is -0.461 e. The van der Waals surface area contributed by atoms with E-state index < -0.39 is 5.97 Å². The summed E-state index contributed by atoms with van der Waals surface area (Å²) < 4.78 is 17.8. The van der Waals surface area contributed by atoms with Crippen molar-refractivity contribution in [3.63, 3.8) is 0 Å². The van der Waals surface area contributed by atoms with E-state index >= 15 is 0 Å². The molecular weight excluding hydrogens is 374 g/mol. The van der Waals surface area contributed by atoms with Crippen LogP contribution in [-0.4, -0.2) is 46.5 Å². The number of amides is 1. The molecule has 2 aliphatic rings. The molecule has 2 aliphatic heterocycles. The van der Waals surface area contributed by atoms with Crippen LogP contribution in [0.3, 0.4) is 0 Å². The van der Waals surface area contributed by atoms with Crippen molar-refractivity contribution < 1.29 is 23.8 Å². The Morgan fingerprint density at radius 3 is 2.79 bits per heavy atom. The van der Waals surface area contributed by atoms with Crippen molar-refractivity contribution in [3.05, 3.63) is 40.7 Å². The van der Waals surface area contributed by atoms with Crippen LogP contribution in [0.2, 0.25) is 0 Å². The summed E-state index contributed by atoms with van der Waals surface area (Å²) in [6.45, 7) is 8.04. The normalized spacial score (nSPS) is 14.8. The van der Waals surface area contributed by atoms with Gasteiger partial charge >= 0.3 is 5.97 Å². The number of carbonyl (C=O) groups is 2. The summed E-state index contributed by atoms with van der Waals surface area (Å²) in [6, 6.07) is 5.18. The Balaban J connectivity index is 1.62. The fraction of sp³-hybridized carbons (Fsp3) is 0.476. The van der Waals surface area contributed by atoms with Gasteiger partial charge in [-0.05, 0) is 31.0 Å². The van der Waals surface area contributed by atoms with Gasteiger partial charge in [0.1, 0.15) is 0 Å². The third-order valence-corrected chi connectivity index (χ3v) is 5.05. The molecule has 29 heavy (non-hydrogen) atoms. The van der Waals surface area contributed by atoms with Gasteiger partial charge in [-0.3, -0.25) is 9.48 Å². The Bertz CT molecular complexity index is 950. The lowest BCUT2D eigenvalue weighted by molar-refractivity contribution is 0.0513. The highest BCUT2D eigenvalue weighted by Crippen LogP contribution is 2.33. The third-order valence-electron chi connectivity index (χ3n) is 5.05. The van der Waals surface area contributed by atoms with E-state index in [4.69, 9.17) is 14.2 Å². The molecule has 1 amide bonds. The Morgan fingerprint density at radius 1 is 1.24 bits per heavy atom. The summed E-state index contributed by atoms with van der Waals surface area (Å²) in [6.07, 6.45) is 0.644. The van der Waals surface area contributed by atoms with Gasteiger partial charge in [-0.25, -0.2) is 4.79 Å². The maximum Gasteiger partial charge on any atom is 0.359 e. The van der Waals surface area contributed by atoms with E-state index in [1.807, 2.05) is 4.68 Å². The van der Waals surface area contributed by atoms with Crippen molar-refractivity contribution >= 4 is 11.9 Å². The molecule has 2 aromatic rings. The van der Waals surface area contributed by atoms with Crippen molar-refractivity contribution in [1.29, 1.82) is 0 Å². The molecule has 8 nitrogen and oxygen atoms in total. The van der Waals surface area contributed by atoms with E-state index in [0.717, 1.165) is 17.8 Å². The summed E-state index contributed by atoms with van der Waals surface area (Å²) >= 11 is 0. The first-order chi connectivity index (χ1) is 14.0. The van der Waals surface area contributed by atoms with Crippen molar-refractivity contribution in [2.24, 2.45) is 5.92 Å². The van der Waals surface area contributed by atoms with E-state index in [0.29, 0.717) is 48.2 Å². The molecule has 8 heteroatoms. The highest BCUT2D eigenvalue weighted by Gasteiger charge is 2.31. The molecule has 0 bridgehead atoms. The topological polar surface area (TPSA) is 82.9 Å². The van der Waals surface area contributed by atoms with Gasteiger partial charge in [0.2, 0.25) is 6.79 Å². The molecule has 0 fully saturated rings. The van der Waals surface area contributed by atoms with Crippen LogP contribution < -0.4 is 9.47 Å².